The molecule has 0 atom stereocenters. The highest BCUT2D eigenvalue weighted by Gasteiger charge is 2.33. The summed E-state index contributed by atoms with van der Waals surface area (Å²) in [5.74, 6) is 2.49. The number of ether oxygens (including phenoxy) is 1. The Balaban J connectivity index is 1.51. The number of rotatable bonds is 5. The van der Waals surface area contributed by atoms with Crippen LogP contribution in [0.4, 0.5) is 5.95 Å². The lowest BCUT2D eigenvalue weighted by molar-refractivity contribution is 0.368. The SMILES string of the molecule is Cc1ccc(Oc2nc(N3CCC(C)CC3)nc3c2CN(S(=O)(=O)c2cccc(C)c2)CC3)cc1. The van der Waals surface area contributed by atoms with E-state index >= 15 is 0 Å². The van der Waals surface area contributed by atoms with Crippen molar-refractivity contribution in [1.82, 2.24) is 14.3 Å². The summed E-state index contributed by atoms with van der Waals surface area (Å²) in [4.78, 5) is 12.2. The first-order chi connectivity index (χ1) is 16.8. The molecule has 0 N–H and O–H groups in total. The van der Waals surface area contributed by atoms with Gasteiger partial charge < -0.3 is 9.64 Å². The maximum Gasteiger partial charge on any atom is 0.243 e. The number of nitrogens with zero attached hydrogens (tertiary/aromatic N) is 4. The molecular weight excluding hydrogens is 460 g/mol. The van der Waals surface area contributed by atoms with E-state index in [1.54, 1.807) is 18.2 Å². The molecule has 8 heteroatoms. The first-order valence-electron chi connectivity index (χ1n) is 12.3. The summed E-state index contributed by atoms with van der Waals surface area (Å²) in [6.45, 7) is 8.59. The number of piperidine rings is 1. The maximum absolute atomic E-state index is 13.4. The second-order valence-electron chi connectivity index (χ2n) is 9.74. The van der Waals surface area contributed by atoms with Crippen LogP contribution in [0.2, 0.25) is 0 Å². The molecule has 0 spiro atoms. The van der Waals surface area contributed by atoms with Gasteiger partial charge in [-0.1, -0.05) is 36.8 Å². The predicted octanol–water partition coefficient (Wildman–Crippen LogP) is 4.87. The van der Waals surface area contributed by atoms with Crippen LogP contribution in [0.1, 0.15) is 42.1 Å². The Labute approximate surface area is 207 Å². The van der Waals surface area contributed by atoms with E-state index < -0.39 is 10.0 Å². The van der Waals surface area contributed by atoms with Crippen molar-refractivity contribution in [3.63, 3.8) is 0 Å². The highest BCUT2D eigenvalue weighted by Crippen LogP contribution is 2.34. The van der Waals surface area contributed by atoms with E-state index in [0.29, 0.717) is 41.4 Å². The molecule has 3 heterocycles. The van der Waals surface area contributed by atoms with E-state index in [0.717, 1.165) is 48.3 Å². The third-order valence-electron chi connectivity index (χ3n) is 6.90. The van der Waals surface area contributed by atoms with Gasteiger partial charge in [0.2, 0.25) is 21.9 Å². The zero-order valence-electron chi connectivity index (χ0n) is 20.6. The van der Waals surface area contributed by atoms with Gasteiger partial charge >= 0.3 is 0 Å². The van der Waals surface area contributed by atoms with Crippen molar-refractivity contribution in [2.75, 3.05) is 24.5 Å². The normalized spacial score (nSPS) is 17.3. The number of fused-ring (bicyclic) bond motifs is 1. The minimum absolute atomic E-state index is 0.185. The standard InChI is InChI=1S/C27H32N4O3S/c1-19-7-9-22(10-8-19)34-26-24-18-31(35(32,33)23-6-4-5-21(3)17-23)16-13-25(24)28-27(29-26)30-14-11-20(2)12-15-30/h4-10,17,20H,11-16,18H2,1-3H3. The first kappa shape index (κ1) is 23.8. The molecule has 1 aromatic heterocycles. The van der Waals surface area contributed by atoms with Gasteiger partial charge in [0.15, 0.2) is 0 Å². The van der Waals surface area contributed by atoms with Gasteiger partial charge in [-0.3, -0.25) is 0 Å². The second-order valence-corrected chi connectivity index (χ2v) is 11.7. The monoisotopic (exact) mass is 492 g/mol. The molecule has 3 aromatic rings. The molecule has 0 radical (unpaired) electrons. The van der Waals surface area contributed by atoms with Crippen molar-refractivity contribution >= 4 is 16.0 Å². The summed E-state index contributed by atoms with van der Waals surface area (Å²) in [6.07, 6.45) is 2.73. The molecule has 0 unspecified atom stereocenters. The number of aromatic nitrogens is 2. The zero-order chi connectivity index (χ0) is 24.6. The molecule has 35 heavy (non-hydrogen) atoms. The van der Waals surface area contributed by atoms with Gasteiger partial charge in [-0.2, -0.15) is 9.29 Å². The smallest absolute Gasteiger partial charge is 0.243 e. The second kappa shape index (κ2) is 9.59. The quantitative estimate of drug-likeness (QED) is 0.506. The summed E-state index contributed by atoms with van der Waals surface area (Å²) in [6, 6.07) is 14.8. The summed E-state index contributed by atoms with van der Waals surface area (Å²) >= 11 is 0. The lowest BCUT2D eigenvalue weighted by Gasteiger charge is -2.33. The topological polar surface area (TPSA) is 75.6 Å². The summed E-state index contributed by atoms with van der Waals surface area (Å²) in [7, 11) is -3.65. The Kier molecular flexibility index (Phi) is 6.51. The summed E-state index contributed by atoms with van der Waals surface area (Å²) < 4.78 is 34.7. The van der Waals surface area contributed by atoms with Crippen LogP contribution in [0.15, 0.2) is 53.4 Å². The van der Waals surface area contributed by atoms with Gasteiger partial charge in [0.25, 0.3) is 0 Å². The van der Waals surface area contributed by atoms with Crippen LogP contribution in [0.25, 0.3) is 0 Å². The molecule has 0 amide bonds. The van der Waals surface area contributed by atoms with Crippen molar-refractivity contribution in [3.8, 4) is 11.6 Å². The third-order valence-corrected chi connectivity index (χ3v) is 8.75. The highest BCUT2D eigenvalue weighted by molar-refractivity contribution is 7.89. The largest absolute Gasteiger partial charge is 0.439 e. The fourth-order valence-corrected chi connectivity index (χ4v) is 6.14. The summed E-state index contributed by atoms with van der Waals surface area (Å²) in [5, 5.41) is 0. The number of aryl methyl sites for hydroxylation is 2. The van der Waals surface area contributed by atoms with Crippen LogP contribution in [0.3, 0.4) is 0 Å². The van der Waals surface area contributed by atoms with Crippen LogP contribution in [-0.2, 0) is 23.0 Å². The van der Waals surface area contributed by atoms with Crippen LogP contribution in [-0.4, -0.2) is 42.3 Å². The van der Waals surface area contributed by atoms with Gasteiger partial charge in [-0.25, -0.2) is 13.4 Å². The van der Waals surface area contributed by atoms with Crippen molar-refractivity contribution in [1.29, 1.82) is 0 Å². The number of anilines is 1. The number of hydrogen-bond donors (Lipinski definition) is 0. The molecule has 2 aliphatic rings. The van der Waals surface area contributed by atoms with Gasteiger partial charge in [-0.05, 0) is 62.4 Å². The van der Waals surface area contributed by atoms with E-state index in [9.17, 15) is 8.42 Å². The Bertz CT molecular complexity index is 1320. The Morgan fingerprint density at radius 1 is 0.943 bits per heavy atom. The van der Waals surface area contributed by atoms with Crippen LogP contribution >= 0.6 is 0 Å². The minimum atomic E-state index is -3.65. The van der Waals surface area contributed by atoms with Crippen molar-refractivity contribution < 1.29 is 13.2 Å². The van der Waals surface area contributed by atoms with Crippen LogP contribution < -0.4 is 9.64 Å². The third kappa shape index (κ3) is 5.04. The molecule has 1 fully saturated rings. The Morgan fingerprint density at radius 2 is 1.69 bits per heavy atom. The number of hydrogen-bond acceptors (Lipinski definition) is 6. The van der Waals surface area contributed by atoms with Gasteiger partial charge in [0.1, 0.15) is 5.75 Å². The Hall–Kier alpha value is -2.97. The van der Waals surface area contributed by atoms with Gasteiger partial charge in [0, 0.05) is 32.6 Å². The minimum Gasteiger partial charge on any atom is -0.439 e. The molecule has 2 aromatic carbocycles. The van der Waals surface area contributed by atoms with E-state index in [2.05, 4.69) is 11.8 Å². The molecule has 1 saturated heterocycles. The molecule has 5 rings (SSSR count). The fraction of sp³-hybridized carbons (Fsp3) is 0.407. The van der Waals surface area contributed by atoms with Crippen molar-refractivity contribution in [3.05, 3.63) is 70.9 Å². The van der Waals surface area contributed by atoms with Gasteiger partial charge in [-0.15, -0.1) is 0 Å². The van der Waals surface area contributed by atoms with Crippen molar-refractivity contribution in [2.45, 2.75) is 51.5 Å². The average Bonchev–Trinajstić information content (AvgIpc) is 2.85. The molecule has 0 bridgehead atoms. The Morgan fingerprint density at radius 3 is 2.40 bits per heavy atom. The molecule has 0 aliphatic carbocycles. The highest BCUT2D eigenvalue weighted by atomic mass is 32.2. The molecule has 0 saturated carbocycles. The zero-order valence-corrected chi connectivity index (χ0v) is 21.4. The lowest BCUT2D eigenvalue weighted by Crippen LogP contribution is -2.38. The molecule has 2 aliphatic heterocycles. The lowest BCUT2D eigenvalue weighted by atomic mass is 9.99. The number of sulfonamides is 1. The molecular formula is C27H32N4O3S. The fourth-order valence-electron chi connectivity index (χ4n) is 4.63. The van der Waals surface area contributed by atoms with E-state index in [-0.39, 0.29) is 6.54 Å². The van der Waals surface area contributed by atoms with E-state index in [4.69, 9.17) is 14.7 Å². The van der Waals surface area contributed by atoms with Crippen LogP contribution in [0.5, 0.6) is 11.6 Å². The average molecular weight is 493 g/mol. The van der Waals surface area contributed by atoms with Crippen molar-refractivity contribution in [2.24, 2.45) is 5.92 Å². The van der Waals surface area contributed by atoms with Crippen LogP contribution in [0, 0.1) is 19.8 Å². The predicted molar refractivity (Wildman–Crippen MR) is 136 cm³/mol. The van der Waals surface area contributed by atoms with E-state index in [1.807, 2.05) is 44.2 Å². The van der Waals surface area contributed by atoms with Gasteiger partial charge in [0.05, 0.1) is 16.2 Å². The molecule has 7 nitrogen and oxygen atoms in total. The molecule has 184 valence electrons. The first-order valence-corrected chi connectivity index (χ1v) is 13.7. The maximum atomic E-state index is 13.4. The van der Waals surface area contributed by atoms with E-state index in [1.165, 1.54) is 4.31 Å². The number of benzene rings is 2. The summed E-state index contributed by atoms with van der Waals surface area (Å²) in [5.41, 5.74) is 3.66.